The lowest BCUT2D eigenvalue weighted by Gasteiger charge is -2.32. The smallest absolute Gasteiger partial charge is 0.478 e. The molecule has 1 aliphatic heterocycles. The summed E-state index contributed by atoms with van der Waals surface area (Å²) in [6.07, 6.45) is -0.0404. The molecule has 162 valence electrons. The van der Waals surface area contributed by atoms with Gasteiger partial charge in [0.2, 0.25) is 15.9 Å². The Balaban J connectivity index is 1.92. The zero-order valence-corrected chi connectivity index (χ0v) is 18.6. The Morgan fingerprint density at radius 1 is 1.17 bits per heavy atom. The van der Waals surface area contributed by atoms with Crippen LogP contribution in [0.25, 0.3) is 0 Å². The number of aliphatic hydroxyl groups excluding tert-OH is 1. The highest BCUT2D eigenvalue weighted by Gasteiger charge is 2.52. The van der Waals surface area contributed by atoms with E-state index >= 15 is 0 Å². The second-order valence-electron chi connectivity index (χ2n) is 8.02. The van der Waals surface area contributed by atoms with Crippen LogP contribution in [0.3, 0.4) is 0 Å². The van der Waals surface area contributed by atoms with Gasteiger partial charge in [-0.15, -0.1) is 0 Å². The maximum absolute atomic E-state index is 12.6. The van der Waals surface area contributed by atoms with Gasteiger partial charge in [-0.25, -0.2) is 13.4 Å². The Hall–Kier alpha value is -1.98. The molecule has 1 unspecified atom stereocenters. The second-order valence-corrected chi connectivity index (χ2v) is 9.74. The van der Waals surface area contributed by atoms with Crippen LogP contribution in [0.1, 0.15) is 46.4 Å². The fourth-order valence-electron chi connectivity index (χ4n) is 2.93. The van der Waals surface area contributed by atoms with Gasteiger partial charge in [-0.1, -0.05) is 18.2 Å². The summed E-state index contributed by atoms with van der Waals surface area (Å²) in [6, 6.07) is 9.38. The molecule has 10 heteroatoms. The molecule has 0 bridgehead atoms. The van der Waals surface area contributed by atoms with Crippen LogP contribution in [0.15, 0.2) is 47.5 Å². The lowest BCUT2D eigenvalue weighted by Crippen LogP contribution is -2.41. The number of nitrogens with one attached hydrogen (secondary N) is 1. The SMILES string of the molecule is CCOc1ncc(B2OC(C)(C)C(C)(C)O2)cc1C(O)NS(=O)(=O)c1ccccc1. The first-order valence-electron chi connectivity index (χ1n) is 9.70. The highest BCUT2D eigenvalue weighted by Crippen LogP contribution is 2.36. The van der Waals surface area contributed by atoms with Gasteiger partial charge in [0.1, 0.15) is 6.23 Å². The third-order valence-electron chi connectivity index (χ3n) is 5.32. The number of benzene rings is 1. The predicted octanol–water partition coefficient (Wildman–Crippen LogP) is 1.75. The fourth-order valence-corrected chi connectivity index (χ4v) is 4.00. The normalized spacial score (nSPS) is 18.9. The summed E-state index contributed by atoms with van der Waals surface area (Å²) in [5.41, 5.74) is -0.387. The van der Waals surface area contributed by atoms with Gasteiger partial charge in [-0.3, -0.25) is 0 Å². The number of hydrogen-bond acceptors (Lipinski definition) is 7. The van der Waals surface area contributed by atoms with Crippen molar-refractivity contribution in [2.75, 3.05) is 6.61 Å². The van der Waals surface area contributed by atoms with E-state index < -0.39 is 34.6 Å². The summed E-state index contributed by atoms with van der Waals surface area (Å²) in [5, 5.41) is 10.7. The van der Waals surface area contributed by atoms with Gasteiger partial charge in [-0.2, -0.15) is 4.72 Å². The number of aliphatic hydroxyl groups is 1. The second kappa shape index (κ2) is 8.28. The van der Waals surface area contributed by atoms with Crippen molar-refractivity contribution in [1.29, 1.82) is 0 Å². The van der Waals surface area contributed by atoms with E-state index in [-0.39, 0.29) is 16.3 Å². The molecule has 2 heterocycles. The minimum atomic E-state index is -3.95. The maximum atomic E-state index is 12.6. The number of aromatic nitrogens is 1. The van der Waals surface area contributed by atoms with Crippen molar-refractivity contribution >= 4 is 22.6 Å². The minimum absolute atomic E-state index is 0.0390. The number of hydrogen-bond donors (Lipinski definition) is 2. The Kier molecular flexibility index (Phi) is 6.26. The zero-order chi connectivity index (χ0) is 22.2. The van der Waals surface area contributed by atoms with Gasteiger partial charge in [0.25, 0.3) is 0 Å². The number of nitrogens with zero attached hydrogens (tertiary/aromatic N) is 1. The Bertz CT molecular complexity index is 982. The van der Waals surface area contributed by atoms with Crippen molar-refractivity contribution in [3.8, 4) is 5.88 Å². The van der Waals surface area contributed by atoms with Crippen LogP contribution in [-0.2, 0) is 19.3 Å². The molecular weight excluding hydrogens is 407 g/mol. The van der Waals surface area contributed by atoms with E-state index in [1.165, 1.54) is 18.3 Å². The van der Waals surface area contributed by atoms with E-state index in [2.05, 4.69) is 9.71 Å². The molecule has 8 nitrogen and oxygen atoms in total. The summed E-state index contributed by atoms with van der Waals surface area (Å²) >= 11 is 0. The maximum Gasteiger partial charge on any atom is 0.496 e. The summed E-state index contributed by atoms with van der Waals surface area (Å²) in [6.45, 7) is 9.79. The van der Waals surface area contributed by atoms with E-state index in [1.807, 2.05) is 27.7 Å². The monoisotopic (exact) mass is 434 g/mol. The van der Waals surface area contributed by atoms with Crippen molar-refractivity contribution in [3.05, 3.63) is 48.2 Å². The van der Waals surface area contributed by atoms with Gasteiger partial charge < -0.3 is 19.2 Å². The number of pyridine rings is 1. The molecule has 1 atom stereocenters. The first-order chi connectivity index (χ1) is 14.0. The van der Waals surface area contributed by atoms with E-state index in [1.54, 1.807) is 31.2 Å². The predicted molar refractivity (Wildman–Crippen MR) is 113 cm³/mol. The summed E-state index contributed by atoms with van der Waals surface area (Å²) in [5.74, 6) is 0.126. The van der Waals surface area contributed by atoms with Gasteiger partial charge in [0, 0.05) is 11.7 Å². The van der Waals surface area contributed by atoms with Crippen LogP contribution in [-0.4, -0.2) is 43.4 Å². The van der Waals surface area contributed by atoms with E-state index in [0.717, 1.165) is 0 Å². The summed E-state index contributed by atoms with van der Waals surface area (Å²) < 4.78 is 45.0. The third-order valence-corrected chi connectivity index (χ3v) is 6.75. The zero-order valence-electron chi connectivity index (χ0n) is 17.7. The molecule has 3 rings (SSSR count). The quantitative estimate of drug-likeness (QED) is 0.505. The number of ether oxygens (including phenoxy) is 1. The first-order valence-corrected chi connectivity index (χ1v) is 11.2. The molecule has 0 saturated carbocycles. The van der Waals surface area contributed by atoms with Crippen molar-refractivity contribution in [1.82, 2.24) is 9.71 Å². The van der Waals surface area contributed by atoms with Crippen LogP contribution < -0.4 is 14.9 Å². The molecule has 0 radical (unpaired) electrons. The van der Waals surface area contributed by atoms with Crippen molar-refractivity contribution < 1.29 is 27.6 Å². The Morgan fingerprint density at radius 3 is 2.33 bits per heavy atom. The molecule has 1 fully saturated rings. The highest BCUT2D eigenvalue weighted by atomic mass is 32.2. The van der Waals surface area contributed by atoms with Gasteiger partial charge in [0.05, 0.1) is 28.3 Å². The topological polar surface area (TPSA) is 107 Å². The summed E-state index contributed by atoms with van der Waals surface area (Å²) in [7, 11) is -4.67. The fraction of sp³-hybridized carbons (Fsp3) is 0.450. The van der Waals surface area contributed by atoms with E-state index in [4.69, 9.17) is 14.0 Å². The Labute approximate surface area is 177 Å². The molecule has 0 spiro atoms. The average molecular weight is 434 g/mol. The van der Waals surface area contributed by atoms with Crippen LogP contribution >= 0.6 is 0 Å². The third kappa shape index (κ3) is 4.52. The van der Waals surface area contributed by atoms with Crippen molar-refractivity contribution in [2.24, 2.45) is 0 Å². The van der Waals surface area contributed by atoms with Gasteiger partial charge in [-0.05, 0) is 52.8 Å². The number of sulfonamides is 1. The average Bonchev–Trinajstić information content (AvgIpc) is 2.90. The van der Waals surface area contributed by atoms with E-state index in [0.29, 0.717) is 12.1 Å². The first kappa shape index (κ1) is 22.7. The minimum Gasteiger partial charge on any atom is -0.478 e. The molecule has 2 N–H and O–H groups in total. The van der Waals surface area contributed by atoms with Gasteiger partial charge >= 0.3 is 7.12 Å². The summed E-state index contributed by atoms with van der Waals surface area (Å²) in [4.78, 5) is 4.29. The molecule has 1 aromatic carbocycles. The van der Waals surface area contributed by atoms with Crippen LogP contribution in [0.4, 0.5) is 0 Å². The molecule has 1 saturated heterocycles. The molecule has 1 aromatic heterocycles. The standard InChI is InChI=1S/C20H27BN2O6S/c1-6-27-18-16(17(24)23-30(25,26)15-10-8-7-9-11-15)12-14(13-22-18)21-28-19(2,3)20(4,5)29-21/h7-13,17,23-24H,6H2,1-5H3. The van der Waals surface area contributed by atoms with E-state index in [9.17, 15) is 13.5 Å². The van der Waals surface area contributed by atoms with Gasteiger partial charge in [0.15, 0.2) is 0 Å². The molecular formula is C20H27BN2O6S. The van der Waals surface area contributed by atoms with Crippen molar-refractivity contribution in [3.63, 3.8) is 0 Å². The lowest BCUT2D eigenvalue weighted by molar-refractivity contribution is 0.00578. The van der Waals surface area contributed by atoms with Crippen molar-refractivity contribution in [2.45, 2.75) is 56.9 Å². The number of rotatable bonds is 7. The Morgan fingerprint density at radius 2 is 1.77 bits per heavy atom. The van der Waals surface area contributed by atoms with Crippen LogP contribution in [0.5, 0.6) is 5.88 Å². The van der Waals surface area contributed by atoms with Crippen LogP contribution in [0.2, 0.25) is 0 Å². The largest absolute Gasteiger partial charge is 0.496 e. The highest BCUT2D eigenvalue weighted by molar-refractivity contribution is 7.89. The molecule has 0 aliphatic carbocycles. The lowest BCUT2D eigenvalue weighted by atomic mass is 9.79. The van der Waals surface area contributed by atoms with Crippen LogP contribution in [0, 0.1) is 0 Å². The molecule has 0 amide bonds. The molecule has 1 aliphatic rings. The molecule has 30 heavy (non-hydrogen) atoms. The molecule has 2 aromatic rings.